The second kappa shape index (κ2) is 12.5. The molecule has 5 heterocycles. The number of nitrogens with one attached hydrogen (secondary N) is 3. The Bertz CT molecular complexity index is 1830. The first-order valence-corrected chi connectivity index (χ1v) is 14.8. The number of rotatable bonds is 10. The van der Waals surface area contributed by atoms with Crippen LogP contribution < -0.4 is 20.3 Å². The Morgan fingerprint density at radius 1 is 1.22 bits per heavy atom. The molecule has 4 aromatic heterocycles. The van der Waals surface area contributed by atoms with E-state index in [1.807, 2.05) is 63.2 Å². The van der Waals surface area contributed by atoms with Gasteiger partial charge in [-0.25, -0.2) is 19.3 Å². The molecule has 1 atom stereocenters. The van der Waals surface area contributed by atoms with Crippen LogP contribution in [0.1, 0.15) is 24.6 Å². The number of H-pyrrole nitrogens is 1. The average molecular weight is 614 g/mol. The Morgan fingerprint density at radius 3 is 2.84 bits per heavy atom. The molecule has 14 heteroatoms. The SMILES string of the molecule is CCN(C)c1nc(OC2CCN(CC(=O)Nc3cccc4c(-c5nc(Nc6cc(C)n(C)n6)ncc5C)c[nH]c34)C2)ncc1F. The summed E-state index contributed by atoms with van der Waals surface area (Å²) >= 11 is 0. The normalized spacial score (nSPS) is 15.0. The van der Waals surface area contributed by atoms with E-state index in [1.54, 1.807) is 22.8 Å². The van der Waals surface area contributed by atoms with Crippen molar-refractivity contribution in [3.05, 3.63) is 59.9 Å². The first-order valence-electron chi connectivity index (χ1n) is 14.8. The van der Waals surface area contributed by atoms with Gasteiger partial charge in [-0.2, -0.15) is 10.1 Å². The molecule has 0 spiro atoms. The van der Waals surface area contributed by atoms with Crippen LogP contribution in [0.25, 0.3) is 22.2 Å². The maximum Gasteiger partial charge on any atom is 0.318 e. The summed E-state index contributed by atoms with van der Waals surface area (Å²) in [6.07, 6.45) is 5.31. The topological polar surface area (TPSA) is 142 Å². The summed E-state index contributed by atoms with van der Waals surface area (Å²) in [5.41, 5.74) is 5.09. The summed E-state index contributed by atoms with van der Waals surface area (Å²) in [6, 6.07) is 7.84. The molecule has 0 aliphatic carbocycles. The van der Waals surface area contributed by atoms with Gasteiger partial charge in [0.1, 0.15) is 6.10 Å². The van der Waals surface area contributed by atoms with Crippen molar-refractivity contribution in [2.45, 2.75) is 33.3 Å². The van der Waals surface area contributed by atoms with Gasteiger partial charge in [-0.15, -0.1) is 0 Å². The summed E-state index contributed by atoms with van der Waals surface area (Å²) in [7, 11) is 3.64. The van der Waals surface area contributed by atoms with Crippen LogP contribution in [-0.4, -0.2) is 84.8 Å². The third-order valence-electron chi connectivity index (χ3n) is 7.98. The van der Waals surface area contributed by atoms with E-state index in [9.17, 15) is 9.18 Å². The molecular formula is C31H36FN11O2. The predicted octanol–water partition coefficient (Wildman–Crippen LogP) is 4.20. The lowest BCUT2D eigenvalue weighted by atomic mass is 10.1. The smallest absolute Gasteiger partial charge is 0.318 e. The van der Waals surface area contributed by atoms with E-state index >= 15 is 0 Å². The van der Waals surface area contributed by atoms with Crippen molar-refractivity contribution in [3.8, 4) is 17.3 Å². The maximum absolute atomic E-state index is 14.1. The highest BCUT2D eigenvalue weighted by Crippen LogP contribution is 2.33. The molecule has 0 bridgehead atoms. The van der Waals surface area contributed by atoms with Gasteiger partial charge >= 0.3 is 6.01 Å². The van der Waals surface area contributed by atoms with Crippen molar-refractivity contribution in [1.29, 1.82) is 0 Å². The molecule has 1 amide bonds. The minimum Gasteiger partial charge on any atom is -0.459 e. The number of anilines is 4. The second-order valence-corrected chi connectivity index (χ2v) is 11.2. The molecule has 45 heavy (non-hydrogen) atoms. The number of amides is 1. The zero-order valence-corrected chi connectivity index (χ0v) is 25.9. The summed E-state index contributed by atoms with van der Waals surface area (Å²) in [6.45, 7) is 7.87. The summed E-state index contributed by atoms with van der Waals surface area (Å²) < 4.78 is 21.8. The predicted molar refractivity (Wildman–Crippen MR) is 170 cm³/mol. The number of hydrogen-bond acceptors (Lipinski definition) is 10. The number of ether oxygens (including phenoxy) is 1. The van der Waals surface area contributed by atoms with Gasteiger partial charge in [0, 0.05) is 68.8 Å². The number of aromatic nitrogens is 7. The summed E-state index contributed by atoms with van der Waals surface area (Å²) in [5, 5.41) is 11.6. The van der Waals surface area contributed by atoms with Gasteiger partial charge in [-0.3, -0.25) is 14.4 Å². The van der Waals surface area contributed by atoms with Gasteiger partial charge < -0.3 is 25.3 Å². The Morgan fingerprint density at radius 2 is 2.07 bits per heavy atom. The van der Waals surface area contributed by atoms with Crippen LogP contribution in [-0.2, 0) is 11.8 Å². The fourth-order valence-corrected chi connectivity index (χ4v) is 5.36. The highest BCUT2D eigenvalue weighted by molar-refractivity contribution is 6.06. The number of carbonyl (C=O) groups is 1. The fraction of sp³-hybridized carbons (Fsp3) is 0.355. The van der Waals surface area contributed by atoms with Crippen molar-refractivity contribution in [3.63, 3.8) is 0 Å². The molecule has 6 rings (SSSR count). The van der Waals surface area contributed by atoms with Gasteiger partial charge in [0.2, 0.25) is 11.9 Å². The number of para-hydroxylation sites is 1. The van der Waals surface area contributed by atoms with Crippen molar-refractivity contribution in [2.75, 3.05) is 48.8 Å². The van der Waals surface area contributed by atoms with E-state index < -0.39 is 5.82 Å². The number of fused-ring (bicyclic) bond motifs is 1. The molecule has 3 N–H and O–H groups in total. The molecular weight excluding hydrogens is 577 g/mol. The van der Waals surface area contributed by atoms with Crippen molar-refractivity contribution in [1.82, 2.24) is 39.6 Å². The first-order chi connectivity index (χ1) is 21.7. The molecule has 0 saturated carbocycles. The van der Waals surface area contributed by atoms with Gasteiger partial charge in [-0.1, -0.05) is 12.1 Å². The number of benzene rings is 1. The highest BCUT2D eigenvalue weighted by Gasteiger charge is 2.27. The van der Waals surface area contributed by atoms with Crippen LogP contribution in [0.4, 0.5) is 27.7 Å². The van der Waals surface area contributed by atoms with Gasteiger partial charge in [0.05, 0.1) is 29.6 Å². The van der Waals surface area contributed by atoms with Crippen molar-refractivity contribution in [2.24, 2.45) is 7.05 Å². The van der Waals surface area contributed by atoms with Crippen LogP contribution >= 0.6 is 0 Å². The van der Waals surface area contributed by atoms with Gasteiger partial charge in [-0.05, 0) is 38.8 Å². The summed E-state index contributed by atoms with van der Waals surface area (Å²) in [4.78, 5) is 37.6. The quantitative estimate of drug-likeness (QED) is 0.210. The largest absolute Gasteiger partial charge is 0.459 e. The van der Waals surface area contributed by atoms with E-state index in [0.717, 1.165) is 39.6 Å². The molecule has 1 aromatic carbocycles. The average Bonchev–Trinajstić information content (AvgIpc) is 3.73. The monoisotopic (exact) mass is 613 g/mol. The van der Waals surface area contributed by atoms with Crippen molar-refractivity contribution >= 4 is 40.1 Å². The Labute approximate surface area is 259 Å². The van der Waals surface area contributed by atoms with Crippen LogP contribution in [0.15, 0.2) is 42.9 Å². The molecule has 0 radical (unpaired) electrons. The molecule has 1 aliphatic rings. The number of halogens is 1. The molecule has 1 fully saturated rings. The van der Waals surface area contributed by atoms with E-state index in [2.05, 4.69) is 35.7 Å². The van der Waals surface area contributed by atoms with Gasteiger partial charge in [0.15, 0.2) is 17.5 Å². The summed E-state index contributed by atoms with van der Waals surface area (Å²) in [5.74, 6) is 0.678. The number of likely N-dealkylation sites (tertiary alicyclic amines) is 1. The zero-order valence-electron chi connectivity index (χ0n) is 25.9. The Hall–Kier alpha value is -5.11. The number of carbonyl (C=O) groups excluding carboxylic acids is 1. The van der Waals surface area contributed by atoms with Crippen LogP contribution in [0, 0.1) is 19.7 Å². The third kappa shape index (κ3) is 6.41. The van der Waals surface area contributed by atoms with Crippen LogP contribution in [0.3, 0.4) is 0 Å². The minimum atomic E-state index is -0.495. The molecule has 5 aromatic rings. The highest BCUT2D eigenvalue weighted by atomic mass is 19.1. The second-order valence-electron chi connectivity index (χ2n) is 11.2. The molecule has 1 aliphatic heterocycles. The molecule has 1 unspecified atom stereocenters. The number of nitrogens with zero attached hydrogens (tertiary/aromatic N) is 8. The fourth-order valence-electron chi connectivity index (χ4n) is 5.36. The van der Waals surface area contributed by atoms with Crippen LogP contribution in [0.5, 0.6) is 6.01 Å². The molecule has 13 nitrogen and oxygen atoms in total. The Balaban J connectivity index is 1.11. The van der Waals surface area contributed by atoms with Crippen LogP contribution in [0.2, 0.25) is 0 Å². The van der Waals surface area contributed by atoms with E-state index in [4.69, 9.17) is 9.72 Å². The molecule has 1 saturated heterocycles. The van der Waals surface area contributed by atoms with E-state index in [0.29, 0.717) is 43.5 Å². The van der Waals surface area contributed by atoms with Crippen molar-refractivity contribution < 1.29 is 13.9 Å². The number of aromatic amines is 1. The van der Waals surface area contributed by atoms with E-state index in [1.165, 1.54) is 0 Å². The van der Waals surface area contributed by atoms with E-state index in [-0.39, 0.29) is 30.4 Å². The van der Waals surface area contributed by atoms with Gasteiger partial charge in [0.25, 0.3) is 0 Å². The Kier molecular flexibility index (Phi) is 8.30. The zero-order chi connectivity index (χ0) is 31.7. The standard InChI is InChI=1S/C31H36FN11O2/c1-6-41(4)29-23(32)15-35-31(39-29)45-20-10-11-43(16-20)17-26(44)36-24-9-7-8-21-22(14-33-28(21)24)27-18(2)13-34-30(38-27)37-25-12-19(3)42(5)40-25/h7-9,12-15,20,33H,6,10-11,16-17H2,1-5H3,(H,36,44)(H,34,37,38,40). The molecule has 234 valence electrons. The minimum absolute atomic E-state index is 0.130. The lowest BCUT2D eigenvalue weighted by Gasteiger charge is -2.18. The first kappa shape index (κ1) is 29.9. The lowest BCUT2D eigenvalue weighted by Crippen LogP contribution is -2.33. The number of aryl methyl sites for hydroxylation is 3. The lowest BCUT2D eigenvalue weighted by molar-refractivity contribution is -0.117. The maximum atomic E-state index is 14.1. The number of hydrogen-bond donors (Lipinski definition) is 3. The third-order valence-corrected chi connectivity index (χ3v) is 7.98.